The highest BCUT2D eigenvalue weighted by Gasteiger charge is 2.14. The Bertz CT molecular complexity index is 1240. The van der Waals surface area contributed by atoms with Gasteiger partial charge in [0.2, 0.25) is 5.91 Å². The van der Waals surface area contributed by atoms with Crippen molar-refractivity contribution in [1.29, 1.82) is 0 Å². The number of carbonyl (C=O) groups excluding carboxylic acids is 2. The molecule has 162 valence electrons. The zero-order valence-electron chi connectivity index (χ0n) is 17.2. The first kappa shape index (κ1) is 21.7. The molecule has 0 saturated carbocycles. The van der Waals surface area contributed by atoms with Crippen LogP contribution in [-0.4, -0.2) is 26.3 Å². The number of thiazole rings is 1. The fraction of sp³-hybridized carbons (Fsp3) is 0.130. The number of hydrogen-bond acceptors (Lipinski definition) is 5. The van der Waals surface area contributed by atoms with E-state index in [0.717, 1.165) is 16.1 Å². The Morgan fingerprint density at radius 1 is 1.12 bits per heavy atom. The number of aromatic nitrogens is 3. The largest absolute Gasteiger partial charge is 0.337 e. The maximum absolute atomic E-state index is 12.8. The summed E-state index contributed by atoms with van der Waals surface area (Å²) in [7, 11) is 0. The number of halogens is 1. The van der Waals surface area contributed by atoms with Crippen LogP contribution in [0.3, 0.4) is 0 Å². The van der Waals surface area contributed by atoms with Gasteiger partial charge in [-0.15, -0.1) is 11.3 Å². The van der Waals surface area contributed by atoms with Crippen LogP contribution >= 0.6 is 22.9 Å². The van der Waals surface area contributed by atoms with Crippen LogP contribution in [0.1, 0.15) is 21.7 Å². The normalized spacial score (nSPS) is 10.7. The van der Waals surface area contributed by atoms with Crippen molar-refractivity contribution in [3.63, 3.8) is 0 Å². The third kappa shape index (κ3) is 5.40. The van der Waals surface area contributed by atoms with Gasteiger partial charge in [0.25, 0.3) is 5.91 Å². The molecule has 2 N–H and O–H groups in total. The second-order valence-electron chi connectivity index (χ2n) is 7.06. The monoisotopic (exact) mass is 465 g/mol. The third-order valence-corrected chi connectivity index (χ3v) is 5.84. The first-order chi connectivity index (χ1) is 15.5. The lowest BCUT2D eigenvalue weighted by Crippen LogP contribution is -2.15. The van der Waals surface area contributed by atoms with Crippen molar-refractivity contribution in [1.82, 2.24) is 14.5 Å². The van der Waals surface area contributed by atoms with Crippen molar-refractivity contribution in [2.45, 2.75) is 19.9 Å². The highest BCUT2D eigenvalue weighted by atomic mass is 35.5. The number of aryl methyl sites for hydroxylation is 2. The van der Waals surface area contributed by atoms with Gasteiger partial charge in [0, 0.05) is 52.1 Å². The van der Waals surface area contributed by atoms with Crippen LogP contribution in [0.25, 0.3) is 11.3 Å². The summed E-state index contributed by atoms with van der Waals surface area (Å²) in [6.45, 7) is 2.49. The van der Waals surface area contributed by atoms with Crippen molar-refractivity contribution >= 4 is 45.6 Å². The fourth-order valence-electron chi connectivity index (χ4n) is 3.11. The number of nitrogens with zero attached hydrogens (tertiary/aromatic N) is 3. The number of nitrogens with one attached hydrogen (secondary N) is 2. The zero-order chi connectivity index (χ0) is 22.5. The van der Waals surface area contributed by atoms with E-state index in [1.807, 2.05) is 35.8 Å². The van der Waals surface area contributed by atoms with E-state index in [0.29, 0.717) is 34.4 Å². The summed E-state index contributed by atoms with van der Waals surface area (Å²) in [6.07, 6.45) is 5.44. The number of anilines is 2. The van der Waals surface area contributed by atoms with Crippen LogP contribution in [0.15, 0.2) is 67.3 Å². The maximum Gasteiger partial charge on any atom is 0.257 e. The molecule has 0 fully saturated rings. The van der Waals surface area contributed by atoms with E-state index >= 15 is 0 Å². The second kappa shape index (κ2) is 9.76. The lowest BCUT2D eigenvalue weighted by atomic mass is 10.1. The predicted molar refractivity (Wildman–Crippen MR) is 127 cm³/mol. The van der Waals surface area contributed by atoms with Gasteiger partial charge in [-0.1, -0.05) is 29.8 Å². The number of amides is 2. The van der Waals surface area contributed by atoms with Crippen molar-refractivity contribution in [3.8, 4) is 11.3 Å². The van der Waals surface area contributed by atoms with E-state index in [9.17, 15) is 9.59 Å². The molecule has 0 bridgehead atoms. The van der Waals surface area contributed by atoms with Gasteiger partial charge in [0.05, 0.1) is 12.0 Å². The maximum atomic E-state index is 12.8. The lowest BCUT2D eigenvalue weighted by molar-refractivity contribution is -0.116. The Labute approximate surface area is 194 Å². The minimum Gasteiger partial charge on any atom is -0.337 e. The third-order valence-electron chi connectivity index (χ3n) is 4.70. The van der Waals surface area contributed by atoms with E-state index in [1.165, 1.54) is 11.3 Å². The molecule has 0 aliphatic heterocycles. The van der Waals surface area contributed by atoms with Gasteiger partial charge in [-0.3, -0.25) is 14.9 Å². The number of hydrogen-bond donors (Lipinski definition) is 2. The smallest absolute Gasteiger partial charge is 0.257 e. The van der Waals surface area contributed by atoms with Gasteiger partial charge in [0.1, 0.15) is 0 Å². The molecule has 0 atom stereocenters. The topological polar surface area (TPSA) is 88.9 Å². The average molecular weight is 466 g/mol. The summed E-state index contributed by atoms with van der Waals surface area (Å²) in [6, 6.07) is 14.2. The van der Waals surface area contributed by atoms with E-state index in [-0.39, 0.29) is 11.8 Å². The molecule has 0 spiro atoms. The van der Waals surface area contributed by atoms with Crippen LogP contribution in [0.2, 0.25) is 5.02 Å². The first-order valence-electron chi connectivity index (χ1n) is 9.88. The zero-order valence-corrected chi connectivity index (χ0v) is 18.8. The molecule has 9 heteroatoms. The Morgan fingerprint density at radius 3 is 2.69 bits per heavy atom. The Kier molecular flexibility index (Phi) is 6.63. The molecule has 0 aliphatic rings. The van der Waals surface area contributed by atoms with Gasteiger partial charge in [-0.05, 0) is 37.3 Å². The molecule has 0 unspecified atom stereocenters. The molecular formula is C23H20ClN5O2S. The predicted octanol–water partition coefficient (Wildman–Crippen LogP) is 5.25. The van der Waals surface area contributed by atoms with E-state index in [1.54, 1.807) is 43.0 Å². The Morgan fingerprint density at radius 2 is 1.94 bits per heavy atom. The van der Waals surface area contributed by atoms with Crippen LogP contribution in [0.5, 0.6) is 0 Å². The number of carbonyl (C=O) groups is 2. The minimum absolute atomic E-state index is 0.139. The molecule has 0 aliphatic carbocycles. The average Bonchev–Trinajstić information content (AvgIpc) is 3.43. The lowest BCUT2D eigenvalue weighted by Gasteiger charge is -2.08. The molecule has 0 radical (unpaired) electrons. The molecule has 2 aromatic heterocycles. The van der Waals surface area contributed by atoms with Crippen LogP contribution in [0, 0.1) is 6.92 Å². The first-order valence-corrected chi connectivity index (χ1v) is 11.1. The van der Waals surface area contributed by atoms with Crippen molar-refractivity contribution < 1.29 is 9.59 Å². The Balaban J connectivity index is 1.40. The van der Waals surface area contributed by atoms with E-state index < -0.39 is 0 Å². The highest BCUT2D eigenvalue weighted by molar-refractivity contribution is 7.16. The van der Waals surface area contributed by atoms with Gasteiger partial charge in [-0.25, -0.2) is 9.97 Å². The number of rotatable bonds is 7. The fourth-order valence-corrected chi connectivity index (χ4v) is 4.06. The number of benzene rings is 2. The standard InChI is InChI=1S/C23H20ClN5O2S/c1-15-21(16-5-7-18(24)8-6-16)27-23(32-15)28-22(31)17-3-2-4-19(13-17)26-20(30)9-11-29-12-10-25-14-29/h2-8,10,12-14H,9,11H2,1H3,(H,26,30)(H,27,28,31). The van der Waals surface area contributed by atoms with Crippen molar-refractivity contribution in [2.75, 3.05) is 10.6 Å². The minimum atomic E-state index is -0.295. The van der Waals surface area contributed by atoms with Crippen LogP contribution < -0.4 is 10.6 Å². The molecule has 4 aromatic rings. The summed E-state index contributed by atoms with van der Waals surface area (Å²) in [5, 5.41) is 6.83. The van der Waals surface area contributed by atoms with Gasteiger partial charge < -0.3 is 9.88 Å². The molecule has 0 saturated heterocycles. The summed E-state index contributed by atoms with van der Waals surface area (Å²) in [5.41, 5.74) is 2.73. The van der Waals surface area contributed by atoms with Gasteiger partial charge in [-0.2, -0.15) is 0 Å². The molecular weight excluding hydrogens is 446 g/mol. The molecule has 4 rings (SSSR count). The molecule has 32 heavy (non-hydrogen) atoms. The molecule has 2 heterocycles. The van der Waals surface area contributed by atoms with Gasteiger partial charge >= 0.3 is 0 Å². The summed E-state index contributed by atoms with van der Waals surface area (Å²) >= 11 is 7.36. The van der Waals surface area contributed by atoms with Crippen LogP contribution in [-0.2, 0) is 11.3 Å². The summed E-state index contributed by atoms with van der Waals surface area (Å²) in [5.74, 6) is -0.435. The van der Waals surface area contributed by atoms with E-state index in [4.69, 9.17) is 11.6 Å². The molecule has 2 aromatic carbocycles. The van der Waals surface area contributed by atoms with Gasteiger partial charge in [0.15, 0.2) is 5.13 Å². The summed E-state index contributed by atoms with van der Waals surface area (Å²) in [4.78, 5) is 34.5. The quantitative estimate of drug-likeness (QED) is 0.390. The highest BCUT2D eigenvalue weighted by Crippen LogP contribution is 2.31. The SMILES string of the molecule is Cc1sc(NC(=O)c2cccc(NC(=O)CCn3ccnc3)c2)nc1-c1ccc(Cl)cc1. The summed E-state index contributed by atoms with van der Waals surface area (Å²) < 4.78 is 1.83. The number of imidazole rings is 1. The van der Waals surface area contributed by atoms with Crippen molar-refractivity contribution in [3.05, 3.63) is 82.7 Å². The Hall–Kier alpha value is -3.49. The second-order valence-corrected chi connectivity index (χ2v) is 8.70. The van der Waals surface area contributed by atoms with Crippen LogP contribution in [0.4, 0.5) is 10.8 Å². The molecule has 2 amide bonds. The van der Waals surface area contributed by atoms with Crippen molar-refractivity contribution in [2.24, 2.45) is 0 Å². The molecule has 7 nitrogen and oxygen atoms in total. The van der Waals surface area contributed by atoms with E-state index in [2.05, 4.69) is 20.6 Å².